The van der Waals surface area contributed by atoms with E-state index in [9.17, 15) is 4.79 Å². The van der Waals surface area contributed by atoms with Gasteiger partial charge >= 0.3 is 5.97 Å². The lowest BCUT2D eigenvalue weighted by Gasteiger charge is -2.08. The Hall–Kier alpha value is -1.66. The number of carbonyl (C=O) groups is 1. The van der Waals surface area contributed by atoms with Crippen LogP contribution in [0.15, 0.2) is 30.0 Å². The molecule has 2 aromatic heterocycles. The normalized spacial score (nSPS) is 12.3. The highest BCUT2D eigenvalue weighted by molar-refractivity contribution is 7.11. The topological polar surface area (TPSA) is 81.0 Å². The van der Waals surface area contributed by atoms with Crippen molar-refractivity contribution in [3.63, 3.8) is 0 Å². The first-order valence-corrected chi connectivity index (χ1v) is 5.61. The molecule has 0 spiro atoms. The number of hydrogen-bond acceptors (Lipinski definition) is 5. The van der Waals surface area contributed by atoms with Crippen LogP contribution in [-0.4, -0.2) is 22.0 Å². The standard InChI is InChI=1S/C10H11N3O2S/c11-8(4-7-5-12-6-13-7)10(14)15-9-2-1-3-16-9/h1-3,5-6,8H,4,11H2,(H,12,13)/t8-/m0/s1. The monoisotopic (exact) mass is 237 g/mol. The maximum absolute atomic E-state index is 11.6. The molecular weight excluding hydrogens is 226 g/mol. The third-order valence-electron chi connectivity index (χ3n) is 1.99. The van der Waals surface area contributed by atoms with Gasteiger partial charge in [-0.05, 0) is 17.5 Å². The van der Waals surface area contributed by atoms with Crippen LogP contribution in [0.4, 0.5) is 0 Å². The molecule has 0 radical (unpaired) electrons. The first-order valence-electron chi connectivity index (χ1n) is 4.74. The van der Waals surface area contributed by atoms with Crippen molar-refractivity contribution in [3.05, 3.63) is 35.7 Å². The average Bonchev–Trinajstić information content (AvgIpc) is 2.90. The zero-order chi connectivity index (χ0) is 11.4. The van der Waals surface area contributed by atoms with Crippen molar-refractivity contribution in [2.45, 2.75) is 12.5 Å². The third kappa shape index (κ3) is 2.68. The van der Waals surface area contributed by atoms with Crippen LogP contribution < -0.4 is 10.5 Å². The molecule has 0 aromatic carbocycles. The minimum absolute atomic E-state index is 0.393. The summed E-state index contributed by atoms with van der Waals surface area (Å²) in [7, 11) is 0. The second kappa shape index (κ2) is 4.91. The summed E-state index contributed by atoms with van der Waals surface area (Å²) < 4.78 is 5.09. The zero-order valence-corrected chi connectivity index (χ0v) is 9.24. The van der Waals surface area contributed by atoms with Gasteiger partial charge in [-0.3, -0.25) is 0 Å². The van der Waals surface area contributed by atoms with Gasteiger partial charge in [0.1, 0.15) is 6.04 Å². The summed E-state index contributed by atoms with van der Waals surface area (Å²) in [6.07, 6.45) is 3.58. The van der Waals surface area contributed by atoms with Gasteiger partial charge < -0.3 is 15.5 Å². The molecule has 2 aromatic rings. The number of aromatic nitrogens is 2. The number of rotatable bonds is 4. The maximum Gasteiger partial charge on any atom is 0.329 e. The lowest BCUT2D eigenvalue weighted by atomic mass is 10.2. The van der Waals surface area contributed by atoms with E-state index in [0.29, 0.717) is 11.5 Å². The number of esters is 1. The Labute approximate surface area is 96.3 Å². The molecule has 0 saturated carbocycles. The van der Waals surface area contributed by atoms with E-state index in [-0.39, 0.29) is 0 Å². The summed E-state index contributed by atoms with van der Waals surface area (Å²) in [5.74, 6) is -0.433. The second-order valence-electron chi connectivity index (χ2n) is 3.24. The number of aromatic amines is 1. The highest BCUT2D eigenvalue weighted by Crippen LogP contribution is 2.18. The van der Waals surface area contributed by atoms with Crippen LogP contribution in [0.3, 0.4) is 0 Å². The maximum atomic E-state index is 11.6. The molecule has 0 saturated heterocycles. The molecule has 16 heavy (non-hydrogen) atoms. The highest BCUT2D eigenvalue weighted by Gasteiger charge is 2.17. The zero-order valence-electron chi connectivity index (χ0n) is 8.42. The first-order chi connectivity index (χ1) is 7.75. The van der Waals surface area contributed by atoms with Crippen molar-refractivity contribution in [2.24, 2.45) is 5.73 Å². The van der Waals surface area contributed by atoms with E-state index < -0.39 is 12.0 Å². The molecule has 1 atom stereocenters. The molecule has 0 aliphatic heterocycles. The fourth-order valence-electron chi connectivity index (χ4n) is 1.21. The molecule has 0 amide bonds. The number of nitrogens with zero attached hydrogens (tertiary/aromatic N) is 1. The molecule has 3 N–H and O–H groups in total. The van der Waals surface area contributed by atoms with Gasteiger partial charge in [0.25, 0.3) is 0 Å². The Morgan fingerprint density at radius 3 is 3.19 bits per heavy atom. The van der Waals surface area contributed by atoms with E-state index >= 15 is 0 Å². The summed E-state index contributed by atoms with van der Waals surface area (Å²) in [5.41, 5.74) is 6.52. The first kappa shape index (κ1) is 10.8. The van der Waals surface area contributed by atoms with Gasteiger partial charge in [-0.25, -0.2) is 9.78 Å². The van der Waals surface area contributed by atoms with Gasteiger partial charge in [-0.15, -0.1) is 11.3 Å². The van der Waals surface area contributed by atoms with Crippen molar-refractivity contribution in [3.8, 4) is 5.06 Å². The quantitative estimate of drug-likeness (QED) is 0.776. The van der Waals surface area contributed by atoms with Gasteiger partial charge in [-0.2, -0.15) is 0 Å². The van der Waals surface area contributed by atoms with E-state index in [1.807, 2.05) is 11.4 Å². The number of H-pyrrole nitrogens is 1. The van der Waals surface area contributed by atoms with Crippen LogP contribution in [0.25, 0.3) is 0 Å². The van der Waals surface area contributed by atoms with E-state index in [4.69, 9.17) is 10.5 Å². The lowest BCUT2D eigenvalue weighted by Crippen LogP contribution is -2.36. The number of ether oxygens (including phenoxy) is 1. The summed E-state index contributed by atoms with van der Waals surface area (Å²) in [6, 6.07) is 2.86. The smallest absolute Gasteiger partial charge is 0.329 e. The van der Waals surface area contributed by atoms with Crippen LogP contribution in [0.5, 0.6) is 5.06 Å². The molecule has 0 fully saturated rings. The Kier molecular flexibility index (Phi) is 3.33. The van der Waals surface area contributed by atoms with Crippen molar-refractivity contribution >= 4 is 17.3 Å². The number of hydrogen-bond donors (Lipinski definition) is 2. The molecule has 0 bridgehead atoms. The Morgan fingerprint density at radius 2 is 2.56 bits per heavy atom. The molecule has 2 heterocycles. The Balaban J connectivity index is 1.90. The molecular formula is C10H11N3O2S. The minimum Gasteiger partial charge on any atom is -0.414 e. The summed E-state index contributed by atoms with van der Waals surface area (Å²) in [6.45, 7) is 0. The van der Waals surface area contributed by atoms with E-state index in [2.05, 4.69) is 9.97 Å². The van der Waals surface area contributed by atoms with Gasteiger partial charge in [0, 0.05) is 18.3 Å². The summed E-state index contributed by atoms with van der Waals surface area (Å²) >= 11 is 1.36. The largest absolute Gasteiger partial charge is 0.414 e. The molecule has 0 aliphatic rings. The summed E-state index contributed by atoms with van der Waals surface area (Å²) in [5, 5.41) is 2.40. The van der Waals surface area contributed by atoms with Crippen LogP contribution in [-0.2, 0) is 11.2 Å². The predicted octanol–water partition coefficient (Wildman–Crippen LogP) is 0.947. The molecule has 84 valence electrons. The minimum atomic E-state index is -0.678. The average molecular weight is 237 g/mol. The number of nitrogens with two attached hydrogens (primary N) is 1. The van der Waals surface area contributed by atoms with Gasteiger partial charge in [-0.1, -0.05) is 0 Å². The molecule has 6 heteroatoms. The molecule has 5 nitrogen and oxygen atoms in total. The van der Waals surface area contributed by atoms with Crippen molar-refractivity contribution in [2.75, 3.05) is 0 Å². The van der Waals surface area contributed by atoms with Crippen molar-refractivity contribution < 1.29 is 9.53 Å². The third-order valence-corrected chi connectivity index (χ3v) is 2.74. The van der Waals surface area contributed by atoms with Gasteiger partial charge in [0.05, 0.1) is 6.33 Å². The molecule has 0 unspecified atom stereocenters. The Bertz CT molecular complexity index is 439. The fraction of sp³-hybridized carbons (Fsp3) is 0.200. The van der Waals surface area contributed by atoms with Gasteiger partial charge in [0.2, 0.25) is 0 Å². The van der Waals surface area contributed by atoms with E-state index in [1.165, 1.54) is 11.3 Å². The van der Waals surface area contributed by atoms with Crippen LogP contribution in [0.2, 0.25) is 0 Å². The van der Waals surface area contributed by atoms with Crippen LogP contribution >= 0.6 is 11.3 Å². The SMILES string of the molecule is N[C@@H](Cc1cnc[nH]1)C(=O)Oc1cccs1. The number of carbonyl (C=O) groups excluding carboxylic acids is 1. The molecule has 0 aliphatic carbocycles. The Morgan fingerprint density at radius 1 is 1.69 bits per heavy atom. The predicted molar refractivity (Wildman–Crippen MR) is 60.2 cm³/mol. The van der Waals surface area contributed by atoms with Crippen molar-refractivity contribution in [1.29, 1.82) is 0 Å². The van der Waals surface area contributed by atoms with Crippen LogP contribution in [0, 0.1) is 0 Å². The molecule has 2 rings (SSSR count). The fourth-order valence-corrected chi connectivity index (χ4v) is 1.79. The van der Waals surface area contributed by atoms with Gasteiger partial charge in [0.15, 0.2) is 5.06 Å². The van der Waals surface area contributed by atoms with E-state index in [0.717, 1.165) is 5.69 Å². The van der Waals surface area contributed by atoms with Crippen molar-refractivity contribution in [1.82, 2.24) is 9.97 Å². The number of imidazole rings is 1. The lowest BCUT2D eigenvalue weighted by molar-refractivity contribution is -0.135. The summed E-state index contributed by atoms with van der Waals surface area (Å²) in [4.78, 5) is 18.3. The number of nitrogens with one attached hydrogen (secondary N) is 1. The van der Waals surface area contributed by atoms with Crippen LogP contribution in [0.1, 0.15) is 5.69 Å². The van der Waals surface area contributed by atoms with E-state index in [1.54, 1.807) is 18.6 Å². The number of thiophene rings is 1. The second-order valence-corrected chi connectivity index (χ2v) is 4.15. The highest BCUT2D eigenvalue weighted by atomic mass is 32.1.